The SMILES string of the molecule is CCCC1CCC(CN)C(N2CCC(N(CC)CC)C2)C1. The molecular weight excluding hydrogens is 258 g/mol. The summed E-state index contributed by atoms with van der Waals surface area (Å²) < 4.78 is 0. The number of likely N-dealkylation sites (tertiary alicyclic amines) is 1. The average molecular weight is 296 g/mol. The molecule has 0 aromatic rings. The number of rotatable bonds is 7. The van der Waals surface area contributed by atoms with Crippen molar-refractivity contribution in [3.63, 3.8) is 0 Å². The van der Waals surface area contributed by atoms with Crippen LogP contribution < -0.4 is 5.73 Å². The lowest BCUT2D eigenvalue weighted by Gasteiger charge is -2.41. The van der Waals surface area contributed by atoms with Crippen molar-refractivity contribution in [3.8, 4) is 0 Å². The molecule has 21 heavy (non-hydrogen) atoms. The van der Waals surface area contributed by atoms with E-state index in [1.54, 1.807) is 0 Å². The third-order valence-electron chi connectivity index (χ3n) is 6.06. The van der Waals surface area contributed by atoms with E-state index in [9.17, 15) is 0 Å². The number of nitrogens with zero attached hydrogens (tertiary/aromatic N) is 2. The minimum absolute atomic E-state index is 0.744. The maximum Gasteiger partial charge on any atom is 0.0235 e. The van der Waals surface area contributed by atoms with Crippen LogP contribution in [0.1, 0.15) is 59.3 Å². The first kappa shape index (κ1) is 17.2. The smallest absolute Gasteiger partial charge is 0.0235 e. The number of hydrogen-bond donors (Lipinski definition) is 1. The summed E-state index contributed by atoms with van der Waals surface area (Å²) in [6, 6.07) is 1.55. The van der Waals surface area contributed by atoms with Gasteiger partial charge in [0.15, 0.2) is 0 Å². The lowest BCUT2D eigenvalue weighted by molar-refractivity contribution is 0.0899. The van der Waals surface area contributed by atoms with E-state index >= 15 is 0 Å². The lowest BCUT2D eigenvalue weighted by Crippen LogP contribution is -2.47. The summed E-state index contributed by atoms with van der Waals surface area (Å²) in [7, 11) is 0. The van der Waals surface area contributed by atoms with E-state index in [0.29, 0.717) is 0 Å². The fraction of sp³-hybridized carbons (Fsp3) is 1.00. The molecule has 2 aliphatic rings. The van der Waals surface area contributed by atoms with Crippen molar-refractivity contribution in [2.45, 2.75) is 71.4 Å². The first-order chi connectivity index (χ1) is 10.2. The van der Waals surface area contributed by atoms with E-state index in [4.69, 9.17) is 5.73 Å². The predicted molar refractivity (Wildman–Crippen MR) is 91.5 cm³/mol. The Morgan fingerprint density at radius 2 is 1.86 bits per heavy atom. The normalized spacial score (nSPS) is 34.7. The fourth-order valence-corrected chi connectivity index (χ4v) is 4.79. The Bertz CT molecular complexity index is 290. The highest BCUT2D eigenvalue weighted by atomic mass is 15.3. The van der Waals surface area contributed by atoms with Crippen LogP contribution in [-0.2, 0) is 0 Å². The maximum atomic E-state index is 6.09. The summed E-state index contributed by atoms with van der Waals surface area (Å²) in [5.41, 5.74) is 6.09. The average Bonchev–Trinajstić information content (AvgIpc) is 2.98. The summed E-state index contributed by atoms with van der Waals surface area (Å²) in [5.74, 6) is 1.70. The van der Waals surface area contributed by atoms with Crippen molar-refractivity contribution in [2.24, 2.45) is 17.6 Å². The van der Waals surface area contributed by atoms with Crippen LogP contribution in [-0.4, -0.2) is 54.6 Å². The number of nitrogens with two attached hydrogens (primary N) is 1. The van der Waals surface area contributed by atoms with Gasteiger partial charge in [0.1, 0.15) is 0 Å². The second-order valence-corrected chi connectivity index (χ2v) is 7.19. The van der Waals surface area contributed by atoms with Crippen molar-refractivity contribution >= 4 is 0 Å². The van der Waals surface area contributed by atoms with E-state index in [1.165, 1.54) is 64.7 Å². The lowest BCUT2D eigenvalue weighted by atomic mass is 9.76. The summed E-state index contributed by atoms with van der Waals surface area (Å²) >= 11 is 0. The minimum atomic E-state index is 0.744. The third kappa shape index (κ3) is 4.20. The Hall–Kier alpha value is -0.120. The predicted octanol–water partition coefficient (Wildman–Crippen LogP) is 2.95. The van der Waals surface area contributed by atoms with Gasteiger partial charge in [0.05, 0.1) is 0 Å². The molecule has 1 aliphatic carbocycles. The molecule has 0 spiro atoms. The van der Waals surface area contributed by atoms with Crippen LogP contribution in [0, 0.1) is 11.8 Å². The third-order valence-corrected chi connectivity index (χ3v) is 6.06. The van der Waals surface area contributed by atoms with Crippen molar-refractivity contribution in [1.82, 2.24) is 9.80 Å². The van der Waals surface area contributed by atoms with Gasteiger partial charge < -0.3 is 5.73 Å². The molecule has 2 rings (SSSR count). The molecule has 1 saturated heterocycles. The highest BCUT2D eigenvalue weighted by Crippen LogP contribution is 2.36. The van der Waals surface area contributed by atoms with Crippen LogP contribution in [0.2, 0.25) is 0 Å². The molecule has 4 unspecified atom stereocenters. The van der Waals surface area contributed by atoms with E-state index in [2.05, 4.69) is 30.6 Å². The molecule has 0 aromatic carbocycles. The molecule has 1 aliphatic heterocycles. The molecule has 0 radical (unpaired) electrons. The molecule has 3 heteroatoms. The molecule has 2 fully saturated rings. The van der Waals surface area contributed by atoms with Crippen LogP contribution >= 0.6 is 0 Å². The van der Waals surface area contributed by atoms with Crippen molar-refractivity contribution < 1.29 is 0 Å². The Morgan fingerprint density at radius 3 is 2.48 bits per heavy atom. The van der Waals surface area contributed by atoms with Crippen LogP contribution in [0.25, 0.3) is 0 Å². The second kappa shape index (κ2) is 8.50. The standard InChI is InChI=1S/C18H37N3/c1-4-7-15-8-9-16(13-19)18(12-15)21-11-10-17(14-21)20(5-2)6-3/h15-18H,4-14,19H2,1-3H3. The van der Waals surface area contributed by atoms with Gasteiger partial charge in [-0.3, -0.25) is 9.80 Å². The van der Waals surface area contributed by atoms with Gasteiger partial charge in [-0.1, -0.05) is 40.0 Å². The van der Waals surface area contributed by atoms with E-state index in [0.717, 1.165) is 30.5 Å². The van der Waals surface area contributed by atoms with Gasteiger partial charge >= 0.3 is 0 Å². The van der Waals surface area contributed by atoms with Gasteiger partial charge in [-0.2, -0.15) is 0 Å². The Morgan fingerprint density at radius 1 is 1.10 bits per heavy atom. The molecule has 0 aromatic heterocycles. The van der Waals surface area contributed by atoms with Crippen molar-refractivity contribution in [2.75, 3.05) is 32.7 Å². The van der Waals surface area contributed by atoms with Crippen LogP contribution in [0.15, 0.2) is 0 Å². The largest absolute Gasteiger partial charge is 0.330 e. The summed E-state index contributed by atoms with van der Waals surface area (Å²) in [4.78, 5) is 5.44. The van der Waals surface area contributed by atoms with E-state index in [1.807, 2.05) is 0 Å². The molecule has 2 N–H and O–H groups in total. The molecular formula is C18H37N3. The zero-order valence-corrected chi connectivity index (χ0v) is 14.6. The van der Waals surface area contributed by atoms with Crippen molar-refractivity contribution in [3.05, 3.63) is 0 Å². The maximum absolute atomic E-state index is 6.09. The van der Waals surface area contributed by atoms with E-state index < -0.39 is 0 Å². The Balaban J connectivity index is 1.94. The summed E-state index contributed by atoms with van der Waals surface area (Å²) in [6.07, 6.45) is 8.29. The molecule has 4 atom stereocenters. The zero-order valence-electron chi connectivity index (χ0n) is 14.6. The second-order valence-electron chi connectivity index (χ2n) is 7.19. The Kier molecular flexibility index (Phi) is 6.97. The topological polar surface area (TPSA) is 32.5 Å². The van der Waals surface area contributed by atoms with Crippen LogP contribution in [0.5, 0.6) is 0 Å². The highest BCUT2D eigenvalue weighted by molar-refractivity contribution is 4.93. The summed E-state index contributed by atoms with van der Waals surface area (Å²) in [5, 5.41) is 0. The van der Waals surface area contributed by atoms with Crippen LogP contribution in [0.3, 0.4) is 0 Å². The van der Waals surface area contributed by atoms with Gasteiger partial charge in [-0.25, -0.2) is 0 Å². The fourth-order valence-electron chi connectivity index (χ4n) is 4.79. The van der Waals surface area contributed by atoms with Crippen LogP contribution in [0.4, 0.5) is 0 Å². The number of hydrogen-bond acceptors (Lipinski definition) is 3. The van der Waals surface area contributed by atoms with Gasteiger partial charge in [0.2, 0.25) is 0 Å². The van der Waals surface area contributed by atoms with Gasteiger partial charge in [0.25, 0.3) is 0 Å². The number of likely N-dealkylation sites (N-methyl/N-ethyl adjacent to an activating group) is 1. The zero-order chi connectivity index (χ0) is 15.2. The molecule has 1 saturated carbocycles. The first-order valence-electron chi connectivity index (χ1n) is 9.41. The van der Waals surface area contributed by atoms with E-state index in [-0.39, 0.29) is 0 Å². The monoisotopic (exact) mass is 295 g/mol. The molecule has 3 nitrogen and oxygen atoms in total. The highest BCUT2D eigenvalue weighted by Gasteiger charge is 2.37. The van der Waals surface area contributed by atoms with Gasteiger partial charge in [0, 0.05) is 25.2 Å². The summed E-state index contributed by atoms with van der Waals surface area (Å²) in [6.45, 7) is 12.8. The molecule has 0 amide bonds. The van der Waals surface area contributed by atoms with Crippen molar-refractivity contribution in [1.29, 1.82) is 0 Å². The van der Waals surface area contributed by atoms with Gasteiger partial charge in [-0.05, 0) is 50.7 Å². The first-order valence-corrected chi connectivity index (χ1v) is 9.41. The molecule has 124 valence electrons. The minimum Gasteiger partial charge on any atom is -0.330 e. The molecule has 0 bridgehead atoms. The molecule has 1 heterocycles. The Labute approximate surface area is 132 Å². The van der Waals surface area contributed by atoms with Gasteiger partial charge in [-0.15, -0.1) is 0 Å². The quantitative estimate of drug-likeness (QED) is 0.784.